The molecule has 0 radical (unpaired) electrons. The van der Waals surface area contributed by atoms with Gasteiger partial charge in [0.15, 0.2) is 0 Å². The molecule has 1 atom stereocenters. The number of amides is 1. The van der Waals surface area contributed by atoms with E-state index in [1.54, 1.807) is 0 Å². The van der Waals surface area contributed by atoms with Crippen LogP contribution in [0, 0.1) is 5.82 Å². The highest BCUT2D eigenvalue weighted by atomic mass is 32.2. The van der Waals surface area contributed by atoms with Crippen molar-refractivity contribution >= 4 is 23.4 Å². The molecule has 1 amide bonds. The van der Waals surface area contributed by atoms with Crippen molar-refractivity contribution in [3.8, 4) is 0 Å². The summed E-state index contributed by atoms with van der Waals surface area (Å²) in [4.78, 5) is 16.5. The number of nitrogens with one attached hydrogen (secondary N) is 1. The zero-order valence-corrected chi connectivity index (χ0v) is 20.3. The molecule has 1 unspecified atom stereocenters. The Labute approximate surface area is 200 Å². The van der Waals surface area contributed by atoms with Crippen molar-refractivity contribution in [1.29, 1.82) is 0 Å². The lowest BCUT2D eigenvalue weighted by atomic mass is 10.0. The van der Waals surface area contributed by atoms with Gasteiger partial charge in [0.05, 0.1) is 0 Å². The van der Waals surface area contributed by atoms with Crippen LogP contribution in [0.1, 0.15) is 47.8 Å². The molecule has 0 saturated heterocycles. The molecular formula is C28H31FN2OS. The van der Waals surface area contributed by atoms with Crippen LogP contribution in [0.4, 0.5) is 10.1 Å². The molecule has 5 heteroatoms. The summed E-state index contributed by atoms with van der Waals surface area (Å²) in [5.74, 6) is 0.788. The van der Waals surface area contributed by atoms with Crippen LogP contribution in [-0.2, 0) is 19.4 Å². The van der Waals surface area contributed by atoms with Gasteiger partial charge in [0.2, 0.25) is 0 Å². The molecule has 33 heavy (non-hydrogen) atoms. The normalized spacial score (nSPS) is 15.1. The van der Waals surface area contributed by atoms with Gasteiger partial charge in [-0.25, -0.2) is 4.39 Å². The first kappa shape index (κ1) is 23.4. The molecular weight excluding hydrogens is 431 g/mol. The number of benzene rings is 3. The van der Waals surface area contributed by atoms with E-state index in [9.17, 15) is 9.18 Å². The van der Waals surface area contributed by atoms with Crippen molar-refractivity contribution in [2.75, 3.05) is 10.7 Å². The Kier molecular flexibility index (Phi) is 7.39. The van der Waals surface area contributed by atoms with Crippen molar-refractivity contribution in [2.45, 2.75) is 57.1 Å². The van der Waals surface area contributed by atoms with Gasteiger partial charge in [-0.15, -0.1) is 11.8 Å². The van der Waals surface area contributed by atoms with Crippen LogP contribution in [0.15, 0.2) is 71.6 Å². The highest BCUT2D eigenvalue weighted by Gasteiger charge is 2.31. The van der Waals surface area contributed by atoms with E-state index in [2.05, 4.69) is 61.3 Å². The van der Waals surface area contributed by atoms with Crippen molar-refractivity contribution in [2.24, 2.45) is 0 Å². The average molecular weight is 463 g/mol. The third-order valence-corrected chi connectivity index (χ3v) is 6.99. The molecule has 172 valence electrons. The molecule has 0 fully saturated rings. The maximum absolute atomic E-state index is 13.3. The standard InChI is InChI=1S/C28H31FN2OS/c1-4-33-26-12-7-21(8-13-26)18-30-28(32)22-9-14-27-23(16-22)17-25(31(27)19(2)3)15-20-5-10-24(29)11-6-20/h5-14,16,19,25H,4,15,17-18H2,1-3H3,(H,30,32). The molecule has 4 rings (SSSR count). The number of anilines is 1. The molecule has 0 aliphatic carbocycles. The second-order valence-electron chi connectivity index (χ2n) is 8.79. The number of fused-ring (bicyclic) bond motifs is 1. The second kappa shape index (κ2) is 10.4. The van der Waals surface area contributed by atoms with Crippen molar-refractivity contribution < 1.29 is 9.18 Å². The van der Waals surface area contributed by atoms with Crippen LogP contribution < -0.4 is 10.2 Å². The van der Waals surface area contributed by atoms with Gasteiger partial charge in [-0.1, -0.05) is 31.2 Å². The molecule has 0 bridgehead atoms. The third-order valence-electron chi connectivity index (χ3n) is 6.10. The fraction of sp³-hybridized carbons (Fsp3) is 0.321. The molecule has 3 aromatic carbocycles. The number of rotatable bonds is 8. The van der Waals surface area contributed by atoms with E-state index in [0.717, 1.165) is 29.7 Å². The summed E-state index contributed by atoms with van der Waals surface area (Å²) in [7, 11) is 0. The largest absolute Gasteiger partial charge is 0.365 e. The summed E-state index contributed by atoms with van der Waals surface area (Å²) >= 11 is 1.81. The summed E-state index contributed by atoms with van der Waals surface area (Å²) in [6.07, 6.45) is 1.73. The summed E-state index contributed by atoms with van der Waals surface area (Å²) in [6, 6.07) is 21.8. The number of hydrogen-bond donors (Lipinski definition) is 1. The van der Waals surface area contributed by atoms with Crippen LogP contribution >= 0.6 is 11.8 Å². The van der Waals surface area contributed by atoms with Crippen LogP contribution in [0.5, 0.6) is 0 Å². The Balaban J connectivity index is 1.44. The molecule has 1 heterocycles. The van der Waals surface area contributed by atoms with Crippen molar-refractivity contribution in [3.63, 3.8) is 0 Å². The molecule has 3 aromatic rings. The molecule has 3 nitrogen and oxygen atoms in total. The van der Waals surface area contributed by atoms with Gasteiger partial charge in [-0.2, -0.15) is 0 Å². The van der Waals surface area contributed by atoms with E-state index in [1.807, 2.05) is 36.0 Å². The number of carbonyl (C=O) groups excluding carboxylic acids is 1. The van der Waals surface area contributed by atoms with E-state index in [0.29, 0.717) is 24.2 Å². The number of nitrogens with zero attached hydrogens (tertiary/aromatic N) is 1. The smallest absolute Gasteiger partial charge is 0.251 e. The Bertz CT molecular complexity index is 1100. The minimum Gasteiger partial charge on any atom is -0.365 e. The molecule has 0 saturated carbocycles. The monoisotopic (exact) mass is 462 g/mol. The lowest BCUT2D eigenvalue weighted by Crippen LogP contribution is -2.39. The van der Waals surface area contributed by atoms with E-state index in [-0.39, 0.29) is 11.7 Å². The zero-order valence-electron chi connectivity index (χ0n) is 19.5. The summed E-state index contributed by atoms with van der Waals surface area (Å²) in [5, 5.41) is 3.05. The summed E-state index contributed by atoms with van der Waals surface area (Å²) < 4.78 is 13.3. The van der Waals surface area contributed by atoms with Gasteiger partial charge in [-0.3, -0.25) is 4.79 Å². The van der Waals surface area contributed by atoms with E-state index < -0.39 is 0 Å². The number of hydrogen-bond acceptors (Lipinski definition) is 3. The summed E-state index contributed by atoms with van der Waals surface area (Å²) in [6.45, 7) is 7.04. The number of thioether (sulfide) groups is 1. The Morgan fingerprint density at radius 2 is 1.76 bits per heavy atom. The SMILES string of the molecule is CCSc1ccc(CNC(=O)c2ccc3c(c2)CC(Cc2ccc(F)cc2)N3C(C)C)cc1. The highest BCUT2D eigenvalue weighted by Crippen LogP contribution is 2.36. The van der Waals surface area contributed by atoms with Gasteiger partial charge in [-0.05, 0) is 91.6 Å². The highest BCUT2D eigenvalue weighted by molar-refractivity contribution is 7.99. The van der Waals surface area contributed by atoms with Crippen molar-refractivity contribution in [1.82, 2.24) is 5.32 Å². The van der Waals surface area contributed by atoms with Crippen LogP contribution in [0.2, 0.25) is 0 Å². The molecule has 1 aliphatic rings. The first-order valence-corrected chi connectivity index (χ1v) is 12.6. The van der Waals surface area contributed by atoms with E-state index >= 15 is 0 Å². The number of carbonyl (C=O) groups is 1. The minimum atomic E-state index is -0.208. The van der Waals surface area contributed by atoms with Gasteiger partial charge in [0.25, 0.3) is 5.91 Å². The van der Waals surface area contributed by atoms with E-state index in [1.165, 1.54) is 28.3 Å². The maximum Gasteiger partial charge on any atom is 0.251 e. The summed E-state index contributed by atoms with van der Waals surface area (Å²) in [5.41, 5.74) is 5.30. The number of halogens is 1. The molecule has 1 aliphatic heterocycles. The van der Waals surface area contributed by atoms with E-state index in [4.69, 9.17) is 0 Å². The lowest BCUT2D eigenvalue weighted by Gasteiger charge is -2.31. The van der Waals surface area contributed by atoms with Gasteiger partial charge < -0.3 is 10.2 Å². The second-order valence-corrected chi connectivity index (χ2v) is 10.1. The molecule has 1 N–H and O–H groups in total. The fourth-order valence-electron chi connectivity index (χ4n) is 4.61. The lowest BCUT2D eigenvalue weighted by molar-refractivity contribution is 0.0951. The molecule has 0 aromatic heterocycles. The van der Waals surface area contributed by atoms with Gasteiger partial charge in [0, 0.05) is 34.8 Å². The first-order chi connectivity index (χ1) is 15.9. The van der Waals surface area contributed by atoms with Gasteiger partial charge in [0.1, 0.15) is 5.82 Å². The Morgan fingerprint density at radius 3 is 2.42 bits per heavy atom. The maximum atomic E-state index is 13.3. The van der Waals surface area contributed by atoms with Crippen LogP contribution in [-0.4, -0.2) is 23.7 Å². The predicted molar refractivity (Wildman–Crippen MR) is 136 cm³/mol. The fourth-order valence-corrected chi connectivity index (χ4v) is 5.27. The minimum absolute atomic E-state index is 0.0529. The zero-order chi connectivity index (χ0) is 23.4. The third kappa shape index (κ3) is 5.59. The first-order valence-electron chi connectivity index (χ1n) is 11.6. The molecule has 0 spiro atoms. The van der Waals surface area contributed by atoms with Crippen LogP contribution in [0.25, 0.3) is 0 Å². The van der Waals surface area contributed by atoms with Crippen molar-refractivity contribution in [3.05, 3.63) is 94.8 Å². The topological polar surface area (TPSA) is 32.3 Å². The van der Waals surface area contributed by atoms with Crippen LogP contribution in [0.3, 0.4) is 0 Å². The Hall–Kier alpha value is -2.79. The Morgan fingerprint density at radius 1 is 1.06 bits per heavy atom. The quantitative estimate of drug-likeness (QED) is 0.402. The predicted octanol–water partition coefficient (Wildman–Crippen LogP) is 6.25. The van der Waals surface area contributed by atoms with Gasteiger partial charge >= 0.3 is 0 Å². The average Bonchev–Trinajstić information content (AvgIpc) is 3.17.